The van der Waals surface area contributed by atoms with E-state index < -0.39 is 5.97 Å². The standard InChI is InChI=1S/C13H15Cl2NO3/c1-8(4-13(18)19)7-16-12(17)6-9-2-3-10(14)11(15)5-9/h2-3,5,8H,4,6-7H2,1H3,(H,16,17)(H,18,19). The van der Waals surface area contributed by atoms with Crippen molar-refractivity contribution in [1.29, 1.82) is 0 Å². The van der Waals surface area contributed by atoms with Crippen molar-refractivity contribution in [2.24, 2.45) is 5.92 Å². The molecule has 0 saturated carbocycles. The minimum absolute atomic E-state index is 0.0348. The van der Waals surface area contributed by atoms with E-state index in [1.165, 1.54) is 0 Å². The number of hydrogen-bond acceptors (Lipinski definition) is 2. The molecule has 0 fully saturated rings. The van der Waals surface area contributed by atoms with Gasteiger partial charge in [-0.1, -0.05) is 36.2 Å². The van der Waals surface area contributed by atoms with Gasteiger partial charge in [0.15, 0.2) is 0 Å². The van der Waals surface area contributed by atoms with Gasteiger partial charge in [-0.2, -0.15) is 0 Å². The molecule has 104 valence electrons. The van der Waals surface area contributed by atoms with E-state index in [1.54, 1.807) is 25.1 Å². The van der Waals surface area contributed by atoms with Gasteiger partial charge in [0.2, 0.25) is 5.91 Å². The van der Waals surface area contributed by atoms with Crippen LogP contribution in [0.4, 0.5) is 0 Å². The fraction of sp³-hybridized carbons (Fsp3) is 0.385. The molecule has 4 nitrogen and oxygen atoms in total. The molecule has 1 unspecified atom stereocenters. The van der Waals surface area contributed by atoms with Gasteiger partial charge in [0.1, 0.15) is 0 Å². The van der Waals surface area contributed by atoms with Crippen LogP contribution in [-0.2, 0) is 16.0 Å². The number of rotatable bonds is 6. The monoisotopic (exact) mass is 303 g/mol. The van der Waals surface area contributed by atoms with E-state index >= 15 is 0 Å². The summed E-state index contributed by atoms with van der Waals surface area (Å²) in [6, 6.07) is 5.01. The summed E-state index contributed by atoms with van der Waals surface area (Å²) in [4.78, 5) is 22.1. The summed E-state index contributed by atoms with van der Waals surface area (Å²) in [6.07, 6.45) is 0.226. The molecule has 1 atom stereocenters. The maximum Gasteiger partial charge on any atom is 0.303 e. The number of benzene rings is 1. The van der Waals surface area contributed by atoms with Crippen LogP contribution in [0.3, 0.4) is 0 Å². The quantitative estimate of drug-likeness (QED) is 0.849. The Morgan fingerprint density at radius 3 is 2.58 bits per heavy atom. The second kappa shape index (κ2) is 7.36. The fourth-order valence-corrected chi connectivity index (χ4v) is 1.88. The van der Waals surface area contributed by atoms with Crippen LogP contribution in [0.15, 0.2) is 18.2 Å². The van der Waals surface area contributed by atoms with E-state index in [0.29, 0.717) is 16.6 Å². The molecule has 6 heteroatoms. The Kier molecular flexibility index (Phi) is 6.12. The molecular formula is C13H15Cl2NO3. The lowest BCUT2D eigenvalue weighted by molar-refractivity contribution is -0.138. The van der Waals surface area contributed by atoms with Crippen LogP contribution in [0.2, 0.25) is 10.0 Å². The first-order chi connectivity index (χ1) is 8.88. The zero-order valence-electron chi connectivity index (χ0n) is 10.5. The average Bonchev–Trinajstić information content (AvgIpc) is 2.30. The van der Waals surface area contributed by atoms with E-state index in [2.05, 4.69) is 5.32 Å². The predicted octanol–water partition coefficient (Wildman–Crippen LogP) is 2.76. The van der Waals surface area contributed by atoms with Crippen molar-refractivity contribution in [1.82, 2.24) is 5.32 Å². The zero-order valence-corrected chi connectivity index (χ0v) is 12.0. The van der Waals surface area contributed by atoms with Gasteiger partial charge in [-0.05, 0) is 23.6 Å². The van der Waals surface area contributed by atoms with Crippen LogP contribution >= 0.6 is 23.2 Å². The summed E-state index contributed by atoms with van der Waals surface area (Å²) in [7, 11) is 0. The average molecular weight is 304 g/mol. The maximum absolute atomic E-state index is 11.7. The Bertz CT molecular complexity index is 477. The fourth-order valence-electron chi connectivity index (χ4n) is 1.56. The van der Waals surface area contributed by atoms with Crippen molar-refractivity contribution in [3.63, 3.8) is 0 Å². The van der Waals surface area contributed by atoms with Crippen LogP contribution in [-0.4, -0.2) is 23.5 Å². The molecule has 1 amide bonds. The van der Waals surface area contributed by atoms with Crippen LogP contribution in [0.1, 0.15) is 18.9 Å². The van der Waals surface area contributed by atoms with Gasteiger partial charge in [0, 0.05) is 13.0 Å². The summed E-state index contributed by atoms with van der Waals surface area (Å²) in [5.74, 6) is -1.14. The predicted molar refractivity (Wildman–Crippen MR) is 74.6 cm³/mol. The van der Waals surface area contributed by atoms with Crippen molar-refractivity contribution in [2.45, 2.75) is 19.8 Å². The van der Waals surface area contributed by atoms with Gasteiger partial charge < -0.3 is 10.4 Å². The lowest BCUT2D eigenvalue weighted by atomic mass is 10.1. The summed E-state index contributed by atoms with van der Waals surface area (Å²) in [5.41, 5.74) is 0.762. The lowest BCUT2D eigenvalue weighted by Crippen LogP contribution is -2.30. The molecule has 0 aliphatic carbocycles. The van der Waals surface area contributed by atoms with E-state index in [4.69, 9.17) is 28.3 Å². The SMILES string of the molecule is CC(CNC(=O)Cc1ccc(Cl)c(Cl)c1)CC(=O)O. The van der Waals surface area contributed by atoms with Crippen LogP contribution in [0.25, 0.3) is 0 Å². The number of hydrogen-bond donors (Lipinski definition) is 2. The second-order valence-corrected chi connectivity index (χ2v) is 5.25. The first kappa shape index (κ1) is 15.8. The zero-order chi connectivity index (χ0) is 14.4. The van der Waals surface area contributed by atoms with E-state index in [-0.39, 0.29) is 24.7 Å². The Morgan fingerprint density at radius 1 is 1.32 bits per heavy atom. The topological polar surface area (TPSA) is 66.4 Å². The molecule has 1 rings (SSSR count). The van der Waals surface area contributed by atoms with Gasteiger partial charge in [0.25, 0.3) is 0 Å². The molecule has 1 aromatic rings. The van der Waals surface area contributed by atoms with Crippen molar-refractivity contribution in [3.8, 4) is 0 Å². The normalized spacial score (nSPS) is 11.9. The van der Waals surface area contributed by atoms with Gasteiger partial charge in [-0.3, -0.25) is 9.59 Å². The van der Waals surface area contributed by atoms with E-state index in [1.807, 2.05) is 0 Å². The highest BCUT2D eigenvalue weighted by Gasteiger charge is 2.10. The highest BCUT2D eigenvalue weighted by molar-refractivity contribution is 6.42. The van der Waals surface area contributed by atoms with Crippen molar-refractivity contribution >= 4 is 35.1 Å². The third-order valence-corrected chi connectivity index (χ3v) is 3.26. The smallest absolute Gasteiger partial charge is 0.303 e. The molecular weight excluding hydrogens is 289 g/mol. The molecule has 0 aliphatic heterocycles. The maximum atomic E-state index is 11.7. The molecule has 0 saturated heterocycles. The molecule has 0 bridgehead atoms. The van der Waals surface area contributed by atoms with Crippen LogP contribution in [0, 0.1) is 5.92 Å². The second-order valence-electron chi connectivity index (χ2n) is 4.43. The van der Waals surface area contributed by atoms with Gasteiger partial charge in [-0.25, -0.2) is 0 Å². The Labute approximate surface area is 121 Å². The van der Waals surface area contributed by atoms with Gasteiger partial charge in [-0.15, -0.1) is 0 Å². The number of amides is 1. The molecule has 2 N–H and O–H groups in total. The summed E-state index contributed by atoms with van der Waals surface area (Å²) in [5, 5.41) is 12.1. The molecule has 0 spiro atoms. The molecule has 0 heterocycles. The van der Waals surface area contributed by atoms with Crippen molar-refractivity contribution in [3.05, 3.63) is 33.8 Å². The Morgan fingerprint density at radius 2 is 2.00 bits per heavy atom. The molecule has 1 aromatic carbocycles. The summed E-state index contributed by atoms with van der Waals surface area (Å²) in [6.45, 7) is 2.11. The molecule has 0 aromatic heterocycles. The lowest BCUT2D eigenvalue weighted by Gasteiger charge is -2.10. The van der Waals surface area contributed by atoms with Gasteiger partial charge in [0.05, 0.1) is 16.5 Å². The highest BCUT2D eigenvalue weighted by atomic mass is 35.5. The van der Waals surface area contributed by atoms with Gasteiger partial charge >= 0.3 is 5.97 Å². The van der Waals surface area contributed by atoms with E-state index in [9.17, 15) is 9.59 Å². The number of carboxylic acid groups (broad SMARTS) is 1. The molecule has 0 aliphatic rings. The first-order valence-electron chi connectivity index (χ1n) is 5.81. The summed E-state index contributed by atoms with van der Waals surface area (Å²) < 4.78 is 0. The number of halogens is 2. The number of carbonyl (C=O) groups is 2. The van der Waals surface area contributed by atoms with E-state index in [0.717, 1.165) is 5.56 Å². The first-order valence-corrected chi connectivity index (χ1v) is 6.56. The highest BCUT2D eigenvalue weighted by Crippen LogP contribution is 2.22. The third-order valence-electron chi connectivity index (χ3n) is 2.52. The minimum atomic E-state index is -0.869. The number of carbonyl (C=O) groups excluding carboxylic acids is 1. The minimum Gasteiger partial charge on any atom is -0.481 e. The number of nitrogens with one attached hydrogen (secondary N) is 1. The Hall–Kier alpha value is -1.26. The van der Waals surface area contributed by atoms with Crippen molar-refractivity contribution < 1.29 is 14.7 Å². The molecule has 0 radical (unpaired) electrons. The van der Waals surface area contributed by atoms with Crippen molar-refractivity contribution in [2.75, 3.05) is 6.54 Å². The van der Waals surface area contributed by atoms with Crippen LogP contribution in [0.5, 0.6) is 0 Å². The number of carboxylic acids is 1. The Balaban J connectivity index is 2.42. The number of aliphatic carboxylic acids is 1. The van der Waals surface area contributed by atoms with Crippen LogP contribution < -0.4 is 5.32 Å². The molecule has 19 heavy (non-hydrogen) atoms. The third kappa shape index (κ3) is 5.94. The largest absolute Gasteiger partial charge is 0.481 e. The summed E-state index contributed by atoms with van der Waals surface area (Å²) >= 11 is 11.6.